The Balaban J connectivity index is 0.918. The Bertz CT molecular complexity index is 2700. The predicted octanol–water partition coefficient (Wildman–Crippen LogP) is 15.5. The van der Waals surface area contributed by atoms with Gasteiger partial charge in [-0.2, -0.15) is 0 Å². The zero-order chi connectivity index (χ0) is 40.1. The molecule has 282 valence electrons. The third kappa shape index (κ3) is 7.83. The molecular formula is C58H40N2. The lowest BCUT2D eigenvalue weighted by molar-refractivity contribution is 1.32. The molecule has 0 aliphatic rings. The highest BCUT2D eigenvalue weighted by atomic mass is 14.7. The van der Waals surface area contributed by atoms with E-state index < -0.39 is 0 Å². The van der Waals surface area contributed by atoms with Crippen LogP contribution in [0.3, 0.4) is 0 Å². The predicted molar refractivity (Wildman–Crippen MR) is 251 cm³/mol. The summed E-state index contributed by atoms with van der Waals surface area (Å²) in [4.78, 5) is 10.1. The van der Waals surface area contributed by atoms with Crippen LogP contribution in [0.5, 0.6) is 0 Å². The van der Waals surface area contributed by atoms with Gasteiger partial charge in [-0.3, -0.25) is 0 Å². The van der Waals surface area contributed by atoms with Crippen molar-refractivity contribution < 1.29 is 0 Å². The van der Waals surface area contributed by atoms with Gasteiger partial charge in [0.05, 0.1) is 22.8 Å². The molecule has 0 unspecified atom stereocenters. The minimum Gasteiger partial charge on any atom is -0.248 e. The van der Waals surface area contributed by atoms with Crippen LogP contribution in [-0.2, 0) is 0 Å². The second-order valence-electron chi connectivity index (χ2n) is 15.0. The van der Waals surface area contributed by atoms with E-state index in [-0.39, 0.29) is 0 Å². The Morgan fingerprint density at radius 3 is 0.633 bits per heavy atom. The van der Waals surface area contributed by atoms with Crippen molar-refractivity contribution in [3.63, 3.8) is 0 Å². The van der Waals surface area contributed by atoms with Crippen molar-refractivity contribution >= 4 is 0 Å². The largest absolute Gasteiger partial charge is 0.248 e. The van der Waals surface area contributed by atoms with Crippen LogP contribution in [0, 0.1) is 0 Å². The van der Waals surface area contributed by atoms with Crippen molar-refractivity contribution in [2.24, 2.45) is 0 Å². The molecule has 0 bridgehead atoms. The van der Waals surface area contributed by atoms with E-state index in [1.54, 1.807) is 0 Å². The molecule has 2 heteroatoms. The number of hydrogen-bond donors (Lipinski definition) is 0. The molecule has 0 saturated carbocycles. The number of benzene rings is 8. The summed E-state index contributed by atoms with van der Waals surface area (Å²) in [5.41, 5.74) is 19.9. The van der Waals surface area contributed by atoms with Gasteiger partial charge in [0.2, 0.25) is 0 Å². The normalized spacial score (nSPS) is 11.0. The van der Waals surface area contributed by atoms with Gasteiger partial charge in [-0.1, -0.05) is 206 Å². The molecule has 0 saturated heterocycles. The van der Waals surface area contributed by atoms with Gasteiger partial charge >= 0.3 is 0 Å². The SMILES string of the molecule is c1ccc(-c2cc(-c3ccc(-c4cccc(-c5cccc(-c6ccc(-c7cc(-c8ccccc8)nc(-c8ccccc8)c7)cc6)c5)c4)cc3)cc(-c3ccccc3)n2)cc1. The van der Waals surface area contributed by atoms with Crippen molar-refractivity contribution in [1.82, 2.24) is 9.97 Å². The average molecular weight is 765 g/mol. The Labute approximate surface area is 351 Å². The zero-order valence-electron chi connectivity index (χ0n) is 33.0. The van der Waals surface area contributed by atoms with Crippen LogP contribution in [0.25, 0.3) is 101 Å². The molecule has 0 fully saturated rings. The molecular weight excluding hydrogens is 725 g/mol. The van der Waals surface area contributed by atoms with Crippen LogP contribution >= 0.6 is 0 Å². The molecule has 60 heavy (non-hydrogen) atoms. The minimum absolute atomic E-state index is 0.963. The zero-order valence-corrected chi connectivity index (χ0v) is 33.0. The summed E-state index contributed by atoms with van der Waals surface area (Å²) in [7, 11) is 0. The smallest absolute Gasteiger partial charge is 0.0715 e. The van der Waals surface area contributed by atoms with Crippen LogP contribution in [0.4, 0.5) is 0 Å². The summed E-state index contributed by atoms with van der Waals surface area (Å²) in [6.45, 7) is 0. The summed E-state index contributed by atoms with van der Waals surface area (Å²) in [6.07, 6.45) is 0. The van der Waals surface area contributed by atoms with E-state index in [0.29, 0.717) is 0 Å². The number of aromatic nitrogens is 2. The first-order valence-electron chi connectivity index (χ1n) is 20.4. The van der Waals surface area contributed by atoms with Crippen LogP contribution in [0.2, 0.25) is 0 Å². The maximum Gasteiger partial charge on any atom is 0.0715 e. The van der Waals surface area contributed by atoms with Crippen LogP contribution in [0.15, 0.2) is 243 Å². The molecule has 8 aromatic carbocycles. The minimum atomic E-state index is 0.963. The molecule has 0 aliphatic heterocycles. The van der Waals surface area contributed by atoms with E-state index in [2.05, 4.69) is 218 Å². The molecule has 0 aliphatic carbocycles. The first kappa shape index (κ1) is 36.4. The number of rotatable bonds is 9. The van der Waals surface area contributed by atoms with Crippen LogP contribution < -0.4 is 0 Å². The number of nitrogens with zero attached hydrogens (tertiary/aromatic N) is 2. The molecule has 0 amide bonds. The topological polar surface area (TPSA) is 25.8 Å². The van der Waals surface area contributed by atoms with Crippen molar-refractivity contribution in [1.29, 1.82) is 0 Å². The summed E-state index contributed by atoms with van der Waals surface area (Å²) >= 11 is 0. The first-order chi connectivity index (χ1) is 29.7. The molecule has 10 aromatic rings. The van der Waals surface area contributed by atoms with E-state index in [4.69, 9.17) is 9.97 Å². The highest BCUT2D eigenvalue weighted by molar-refractivity contribution is 5.82. The monoisotopic (exact) mass is 764 g/mol. The lowest BCUT2D eigenvalue weighted by atomic mass is 9.94. The van der Waals surface area contributed by atoms with Crippen molar-refractivity contribution in [2.45, 2.75) is 0 Å². The molecule has 2 aromatic heterocycles. The van der Waals surface area contributed by atoms with Gasteiger partial charge in [0, 0.05) is 22.3 Å². The lowest BCUT2D eigenvalue weighted by Gasteiger charge is -2.12. The maximum absolute atomic E-state index is 5.07. The van der Waals surface area contributed by atoms with E-state index in [1.807, 2.05) is 24.3 Å². The molecule has 0 radical (unpaired) electrons. The summed E-state index contributed by atoms with van der Waals surface area (Å²) < 4.78 is 0. The number of pyridine rings is 2. The standard InChI is InChI=1S/C58H40N2/c1-5-15-45(16-6-1)55-37-53(38-56(59-55)46-17-7-2-8-18-46)43-31-27-41(28-32-43)49-23-13-25-51(35-49)52-26-14-24-50(36-52)42-29-33-44(34-30-42)54-39-57(47-19-9-3-10-20-47)60-58(40-54)48-21-11-4-12-22-48/h1-40H. The van der Waals surface area contributed by atoms with Crippen LogP contribution in [-0.4, -0.2) is 9.97 Å². The van der Waals surface area contributed by atoms with Crippen molar-refractivity contribution in [2.75, 3.05) is 0 Å². The van der Waals surface area contributed by atoms with E-state index >= 15 is 0 Å². The molecule has 0 N–H and O–H groups in total. The highest BCUT2D eigenvalue weighted by Crippen LogP contribution is 2.35. The molecule has 2 heterocycles. The lowest BCUT2D eigenvalue weighted by Crippen LogP contribution is -1.91. The Morgan fingerprint density at radius 2 is 0.367 bits per heavy atom. The van der Waals surface area contributed by atoms with Crippen molar-refractivity contribution in [3.05, 3.63) is 243 Å². The fraction of sp³-hybridized carbons (Fsp3) is 0. The van der Waals surface area contributed by atoms with Gasteiger partial charge in [-0.25, -0.2) is 9.97 Å². The Hall–Kier alpha value is -7.94. The van der Waals surface area contributed by atoms with Gasteiger partial charge in [0.15, 0.2) is 0 Å². The summed E-state index contributed by atoms with van der Waals surface area (Å²) in [5.74, 6) is 0. The van der Waals surface area contributed by atoms with Gasteiger partial charge in [-0.05, 0) is 92.0 Å². The second-order valence-corrected chi connectivity index (χ2v) is 15.0. The van der Waals surface area contributed by atoms with Gasteiger partial charge < -0.3 is 0 Å². The molecule has 0 atom stereocenters. The molecule has 0 spiro atoms. The average Bonchev–Trinajstić information content (AvgIpc) is 3.35. The quantitative estimate of drug-likeness (QED) is 0.146. The third-order valence-corrected chi connectivity index (χ3v) is 11.1. The summed E-state index contributed by atoms with van der Waals surface area (Å²) in [6, 6.07) is 85.9. The molecule has 10 rings (SSSR count). The third-order valence-electron chi connectivity index (χ3n) is 11.1. The highest BCUT2D eigenvalue weighted by Gasteiger charge is 2.12. The summed E-state index contributed by atoms with van der Waals surface area (Å²) in [5, 5.41) is 0. The van der Waals surface area contributed by atoms with E-state index in [0.717, 1.165) is 67.3 Å². The number of hydrogen-bond acceptors (Lipinski definition) is 2. The fourth-order valence-corrected chi connectivity index (χ4v) is 7.89. The van der Waals surface area contributed by atoms with Gasteiger partial charge in [-0.15, -0.1) is 0 Å². The van der Waals surface area contributed by atoms with Gasteiger partial charge in [0.25, 0.3) is 0 Å². The first-order valence-corrected chi connectivity index (χ1v) is 20.4. The van der Waals surface area contributed by atoms with E-state index in [1.165, 1.54) is 33.4 Å². The fourth-order valence-electron chi connectivity index (χ4n) is 7.89. The van der Waals surface area contributed by atoms with Crippen LogP contribution in [0.1, 0.15) is 0 Å². The maximum atomic E-state index is 5.07. The van der Waals surface area contributed by atoms with E-state index in [9.17, 15) is 0 Å². The second kappa shape index (κ2) is 16.5. The van der Waals surface area contributed by atoms with Gasteiger partial charge in [0.1, 0.15) is 0 Å². The Kier molecular flexibility index (Phi) is 10.0. The Morgan fingerprint density at radius 1 is 0.150 bits per heavy atom. The van der Waals surface area contributed by atoms with Crippen molar-refractivity contribution in [3.8, 4) is 101 Å². The molecule has 2 nitrogen and oxygen atoms in total.